The number of benzene rings is 1. The highest BCUT2D eigenvalue weighted by Gasteiger charge is 2.06. The number of hydrogen-bond acceptors (Lipinski definition) is 2. The van der Waals surface area contributed by atoms with Gasteiger partial charge in [0, 0.05) is 0 Å². The first-order valence-corrected chi connectivity index (χ1v) is 3.18. The van der Waals surface area contributed by atoms with Crippen molar-refractivity contribution in [3.05, 3.63) is 35.4 Å². The number of carboxylic acid groups (broad SMARTS) is 2. The van der Waals surface area contributed by atoms with Crippen LogP contribution < -0.4 is 0 Å². The highest BCUT2D eigenvalue weighted by Crippen LogP contribution is 2.04. The summed E-state index contributed by atoms with van der Waals surface area (Å²) in [5, 5.41) is 17.0. The van der Waals surface area contributed by atoms with Crippen molar-refractivity contribution in [3.63, 3.8) is 0 Å². The van der Waals surface area contributed by atoms with Gasteiger partial charge in [-0.3, -0.25) is 0 Å². The van der Waals surface area contributed by atoms with E-state index < -0.39 is 11.9 Å². The molecule has 66 valence electrons. The number of carbonyl (C=O) groups is 2. The van der Waals surface area contributed by atoms with Crippen LogP contribution in [0.3, 0.4) is 0 Å². The molecule has 1 rings (SSSR count). The lowest BCUT2D eigenvalue weighted by molar-refractivity contribution is 0.0696. The molecule has 0 spiro atoms. The van der Waals surface area contributed by atoms with Crippen LogP contribution in [0.4, 0.5) is 0 Å². The van der Waals surface area contributed by atoms with Gasteiger partial charge in [-0.15, -0.1) is 0 Å². The summed E-state index contributed by atoms with van der Waals surface area (Å²) in [6.07, 6.45) is 0. The van der Waals surface area contributed by atoms with Crippen molar-refractivity contribution in [1.82, 2.24) is 0 Å². The molecule has 0 radical (unpaired) electrons. The maximum absolute atomic E-state index is 10.4. The van der Waals surface area contributed by atoms with Crippen LogP contribution in [0.5, 0.6) is 0 Å². The molecule has 0 unspecified atom stereocenters. The third-order valence-electron chi connectivity index (χ3n) is 1.36. The topological polar surface area (TPSA) is 74.6 Å². The number of hydrogen-bond donors (Lipinski definition) is 2. The molecule has 0 aromatic heterocycles. The molecule has 13 heavy (non-hydrogen) atoms. The van der Waals surface area contributed by atoms with Gasteiger partial charge >= 0.3 is 35.0 Å². The minimum Gasteiger partial charge on any atom is -0.478 e. The molecule has 0 amide bonds. The van der Waals surface area contributed by atoms with Crippen molar-refractivity contribution in [1.29, 1.82) is 0 Å². The lowest BCUT2D eigenvalue weighted by atomic mass is 10.1. The molecule has 0 aliphatic carbocycles. The van der Waals surface area contributed by atoms with Crippen LogP contribution in [0.2, 0.25) is 0 Å². The molecule has 0 bridgehead atoms. The minimum atomic E-state index is -1.13. The van der Waals surface area contributed by atoms with E-state index in [0.717, 1.165) is 6.07 Å². The molecule has 0 fully saturated rings. The van der Waals surface area contributed by atoms with E-state index in [0.29, 0.717) is 0 Å². The summed E-state index contributed by atoms with van der Waals surface area (Å²) >= 11 is 0. The normalized spacial score (nSPS) is 8.62. The van der Waals surface area contributed by atoms with Gasteiger partial charge < -0.3 is 10.2 Å². The zero-order valence-corrected chi connectivity index (χ0v) is 6.02. The molecule has 4 nitrogen and oxygen atoms in total. The molecule has 5 heteroatoms. The Labute approximate surface area is 90.3 Å². The van der Waals surface area contributed by atoms with E-state index in [1.54, 1.807) is 0 Å². The third-order valence-corrected chi connectivity index (χ3v) is 1.36. The molecule has 0 saturated carbocycles. The second-order valence-electron chi connectivity index (χ2n) is 2.19. The molecule has 1 aromatic carbocycles. The molecule has 0 atom stereocenters. The molecule has 0 heterocycles. The Morgan fingerprint density at radius 2 is 1.38 bits per heavy atom. The van der Waals surface area contributed by atoms with E-state index in [4.69, 9.17) is 10.2 Å². The Morgan fingerprint density at radius 1 is 1.00 bits per heavy atom. The van der Waals surface area contributed by atoms with Crippen LogP contribution in [0.15, 0.2) is 24.3 Å². The monoisotopic (exact) mass is 192 g/mol. The molecule has 0 saturated heterocycles. The van der Waals surface area contributed by atoms with Crippen LogP contribution in [0.1, 0.15) is 20.7 Å². The smallest absolute Gasteiger partial charge is 0.335 e. The van der Waals surface area contributed by atoms with Crippen LogP contribution in [-0.4, -0.2) is 45.2 Å². The molecular weight excluding hydrogens is 184 g/mol. The summed E-state index contributed by atoms with van der Waals surface area (Å²) in [6.45, 7) is 0. The molecule has 0 aliphatic heterocycles. The Hall–Kier alpha value is -1.07. The largest absolute Gasteiger partial charge is 0.478 e. The van der Waals surface area contributed by atoms with E-state index in [-0.39, 0.29) is 34.2 Å². The SMILES string of the molecule is O=C(O)c1cccc(C(=O)O)c1.[MgH2]. The zero-order valence-electron chi connectivity index (χ0n) is 6.02. The highest BCUT2D eigenvalue weighted by atomic mass is 24.3. The van der Waals surface area contributed by atoms with Crippen LogP contribution in [0.25, 0.3) is 0 Å². The van der Waals surface area contributed by atoms with Crippen molar-refractivity contribution < 1.29 is 19.8 Å². The molecule has 0 aliphatic rings. The summed E-state index contributed by atoms with van der Waals surface area (Å²) in [7, 11) is 0. The van der Waals surface area contributed by atoms with Gasteiger partial charge in [-0.1, -0.05) is 6.07 Å². The number of rotatable bonds is 2. The third kappa shape index (κ3) is 3.04. The van der Waals surface area contributed by atoms with E-state index in [1.807, 2.05) is 0 Å². The zero-order chi connectivity index (χ0) is 9.14. The van der Waals surface area contributed by atoms with Crippen LogP contribution in [0, 0.1) is 0 Å². The van der Waals surface area contributed by atoms with E-state index in [2.05, 4.69) is 0 Å². The summed E-state index contributed by atoms with van der Waals surface area (Å²) in [6, 6.07) is 5.20. The summed E-state index contributed by atoms with van der Waals surface area (Å²) in [4.78, 5) is 20.8. The van der Waals surface area contributed by atoms with Gasteiger partial charge in [0.2, 0.25) is 0 Å². The first kappa shape index (κ1) is 11.9. The van der Waals surface area contributed by atoms with Crippen LogP contribution >= 0.6 is 0 Å². The Morgan fingerprint density at radius 3 is 1.69 bits per heavy atom. The summed E-state index contributed by atoms with van der Waals surface area (Å²) < 4.78 is 0. The fraction of sp³-hybridized carbons (Fsp3) is 0. The second kappa shape index (κ2) is 4.83. The van der Waals surface area contributed by atoms with Gasteiger partial charge in [0.15, 0.2) is 0 Å². The molecular formula is C8H8MgO4. The predicted octanol–water partition coefficient (Wildman–Crippen LogP) is 0.167. The summed E-state index contributed by atoms with van der Waals surface area (Å²) in [5.74, 6) is -2.25. The van der Waals surface area contributed by atoms with E-state index in [1.165, 1.54) is 18.2 Å². The van der Waals surface area contributed by atoms with Gasteiger partial charge in [-0.25, -0.2) is 9.59 Å². The van der Waals surface area contributed by atoms with Crippen molar-refractivity contribution in [2.24, 2.45) is 0 Å². The maximum atomic E-state index is 10.4. The van der Waals surface area contributed by atoms with Gasteiger partial charge in [0.05, 0.1) is 11.1 Å². The number of aromatic carboxylic acids is 2. The van der Waals surface area contributed by atoms with Gasteiger partial charge in [-0.2, -0.15) is 0 Å². The highest BCUT2D eigenvalue weighted by molar-refractivity contribution is 5.93. The predicted molar refractivity (Wildman–Crippen MR) is 48.9 cm³/mol. The fourth-order valence-electron chi connectivity index (χ4n) is 0.785. The Kier molecular flexibility index (Phi) is 4.43. The van der Waals surface area contributed by atoms with Crippen molar-refractivity contribution in [3.8, 4) is 0 Å². The second-order valence-corrected chi connectivity index (χ2v) is 2.19. The average Bonchev–Trinajstić information content (AvgIpc) is 2.04. The Bertz CT molecular complexity index is 305. The fourth-order valence-corrected chi connectivity index (χ4v) is 0.785. The van der Waals surface area contributed by atoms with E-state index >= 15 is 0 Å². The molecule has 2 N–H and O–H groups in total. The van der Waals surface area contributed by atoms with Gasteiger partial charge in [0.25, 0.3) is 0 Å². The van der Waals surface area contributed by atoms with Crippen molar-refractivity contribution >= 4 is 35.0 Å². The quantitative estimate of drug-likeness (QED) is 0.655. The van der Waals surface area contributed by atoms with Crippen molar-refractivity contribution in [2.45, 2.75) is 0 Å². The van der Waals surface area contributed by atoms with E-state index in [9.17, 15) is 9.59 Å². The van der Waals surface area contributed by atoms with Crippen LogP contribution in [-0.2, 0) is 0 Å². The first-order chi connectivity index (χ1) is 5.61. The lowest BCUT2D eigenvalue weighted by Gasteiger charge is -1.95. The lowest BCUT2D eigenvalue weighted by Crippen LogP contribution is -2.01. The van der Waals surface area contributed by atoms with Crippen molar-refractivity contribution in [2.75, 3.05) is 0 Å². The number of carboxylic acids is 2. The first-order valence-electron chi connectivity index (χ1n) is 3.18. The maximum Gasteiger partial charge on any atom is 0.335 e. The minimum absolute atomic E-state index is 0. The average molecular weight is 192 g/mol. The van der Waals surface area contributed by atoms with Gasteiger partial charge in [0.1, 0.15) is 0 Å². The van der Waals surface area contributed by atoms with Gasteiger partial charge in [-0.05, 0) is 18.2 Å². The molecule has 1 aromatic rings. The summed E-state index contributed by atoms with van der Waals surface area (Å²) in [5.41, 5.74) is -0.0372. The standard InChI is InChI=1S/C8H6O4.Mg.2H/c9-7(10)5-2-1-3-6(4-5)8(11)12;;;/h1-4H,(H,9,10)(H,11,12);;;. The Balaban J connectivity index is 0.00000144.